The van der Waals surface area contributed by atoms with Crippen molar-refractivity contribution in [3.63, 3.8) is 0 Å². The Morgan fingerprint density at radius 2 is 1.76 bits per heavy atom. The molecule has 0 aliphatic carbocycles. The molecule has 1 aromatic carbocycles. The molecule has 0 N–H and O–H groups in total. The number of hydrogen-bond acceptors (Lipinski definition) is 8. The number of halogens is 1. The van der Waals surface area contributed by atoms with Gasteiger partial charge in [-0.3, -0.25) is 0 Å². The van der Waals surface area contributed by atoms with Crippen LogP contribution in [0.4, 0.5) is 15.5 Å². The zero-order valence-electron chi connectivity index (χ0n) is 16.5. The van der Waals surface area contributed by atoms with Crippen LogP contribution >= 0.6 is 11.3 Å². The van der Waals surface area contributed by atoms with Gasteiger partial charge in [0.05, 0.1) is 6.61 Å². The van der Waals surface area contributed by atoms with Crippen molar-refractivity contribution in [2.75, 3.05) is 42.6 Å². The monoisotopic (exact) mass is 414 g/mol. The smallest absolute Gasteiger partial charge is 0.228 e. The lowest BCUT2D eigenvalue weighted by atomic mass is 10.2. The number of ether oxygens (including phenoxy) is 1. The van der Waals surface area contributed by atoms with Gasteiger partial charge < -0.3 is 14.5 Å². The van der Waals surface area contributed by atoms with Gasteiger partial charge in [-0.15, -0.1) is 10.2 Å². The van der Waals surface area contributed by atoms with E-state index >= 15 is 0 Å². The molecule has 0 radical (unpaired) electrons. The predicted molar refractivity (Wildman–Crippen MR) is 111 cm³/mol. The Balaban J connectivity index is 1.37. The maximum absolute atomic E-state index is 13.1. The highest BCUT2D eigenvalue weighted by atomic mass is 32.1. The van der Waals surface area contributed by atoms with Gasteiger partial charge in [0.2, 0.25) is 17.0 Å². The van der Waals surface area contributed by atoms with Crippen molar-refractivity contribution in [1.82, 2.24) is 20.2 Å². The lowest BCUT2D eigenvalue weighted by Crippen LogP contribution is -2.47. The maximum Gasteiger partial charge on any atom is 0.228 e. The molecule has 1 fully saturated rings. The molecule has 9 heteroatoms. The van der Waals surface area contributed by atoms with E-state index in [1.807, 2.05) is 19.9 Å². The van der Waals surface area contributed by atoms with Crippen LogP contribution < -0.4 is 14.5 Å². The molecule has 0 atom stereocenters. The number of rotatable bonds is 6. The molecule has 0 bridgehead atoms. The van der Waals surface area contributed by atoms with E-state index in [1.165, 1.54) is 12.1 Å². The van der Waals surface area contributed by atoms with Crippen molar-refractivity contribution < 1.29 is 9.13 Å². The Labute approximate surface area is 173 Å². The fourth-order valence-electron chi connectivity index (χ4n) is 3.21. The number of piperazine rings is 1. The molecule has 0 spiro atoms. The first-order valence-electron chi connectivity index (χ1n) is 9.66. The topological polar surface area (TPSA) is 67.3 Å². The van der Waals surface area contributed by atoms with Crippen LogP contribution in [0.1, 0.15) is 23.2 Å². The summed E-state index contributed by atoms with van der Waals surface area (Å²) in [7, 11) is 0. The molecule has 1 aliphatic heterocycles. The van der Waals surface area contributed by atoms with Crippen LogP contribution in [0.25, 0.3) is 0 Å². The number of aromatic nitrogens is 4. The van der Waals surface area contributed by atoms with Crippen molar-refractivity contribution in [1.29, 1.82) is 0 Å². The van der Waals surface area contributed by atoms with E-state index in [4.69, 9.17) is 4.74 Å². The number of anilines is 2. The SMILES string of the molecule is CCOc1cc(C)nc(N2CCN(c3nnc(Cc4ccc(F)cc4)s3)CC2)n1. The first-order valence-corrected chi connectivity index (χ1v) is 10.5. The van der Waals surface area contributed by atoms with Gasteiger partial charge in [0, 0.05) is 44.4 Å². The normalized spacial score (nSPS) is 14.3. The van der Waals surface area contributed by atoms with Crippen molar-refractivity contribution >= 4 is 22.4 Å². The van der Waals surface area contributed by atoms with Gasteiger partial charge in [0.25, 0.3) is 0 Å². The van der Waals surface area contributed by atoms with E-state index in [0.717, 1.165) is 47.6 Å². The van der Waals surface area contributed by atoms with Gasteiger partial charge in [-0.05, 0) is 31.5 Å². The molecule has 152 valence electrons. The minimum atomic E-state index is -0.226. The molecule has 7 nitrogen and oxygen atoms in total. The minimum Gasteiger partial charge on any atom is -0.478 e. The molecule has 1 saturated heterocycles. The minimum absolute atomic E-state index is 0.226. The summed E-state index contributed by atoms with van der Waals surface area (Å²) < 4.78 is 18.6. The number of nitrogens with zero attached hydrogens (tertiary/aromatic N) is 6. The first kappa shape index (κ1) is 19.5. The summed E-state index contributed by atoms with van der Waals surface area (Å²) in [6, 6.07) is 8.37. The van der Waals surface area contributed by atoms with Crippen LogP contribution in [-0.4, -0.2) is 53.0 Å². The van der Waals surface area contributed by atoms with E-state index in [2.05, 4.69) is 30.0 Å². The average Bonchev–Trinajstić information content (AvgIpc) is 3.18. The van der Waals surface area contributed by atoms with Crippen molar-refractivity contribution in [3.05, 3.63) is 52.4 Å². The maximum atomic E-state index is 13.1. The lowest BCUT2D eigenvalue weighted by molar-refractivity contribution is 0.325. The van der Waals surface area contributed by atoms with Crippen LogP contribution in [-0.2, 0) is 6.42 Å². The van der Waals surface area contributed by atoms with Gasteiger partial charge in [-0.1, -0.05) is 23.5 Å². The van der Waals surface area contributed by atoms with Crippen LogP contribution in [0.15, 0.2) is 30.3 Å². The van der Waals surface area contributed by atoms with E-state index in [9.17, 15) is 4.39 Å². The second-order valence-electron chi connectivity index (χ2n) is 6.84. The summed E-state index contributed by atoms with van der Waals surface area (Å²) in [5, 5.41) is 10.5. The zero-order valence-corrected chi connectivity index (χ0v) is 17.3. The van der Waals surface area contributed by atoms with E-state index in [1.54, 1.807) is 23.5 Å². The predicted octanol–water partition coefficient (Wildman–Crippen LogP) is 3.09. The summed E-state index contributed by atoms with van der Waals surface area (Å²) in [6.07, 6.45) is 0.662. The van der Waals surface area contributed by atoms with E-state index < -0.39 is 0 Å². The Hall–Kier alpha value is -2.81. The highest BCUT2D eigenvalue weighted by Crippen LogP contribution is 2.25. The van der Waals surface area contributed by atoms with Crippen LogP contribution in [0.5, 0.6) is 5.88 Å². The van der Waals surface area contributed by atoms with E-state index in [0.29, 0.717) is 24.9 Å². The fraction of sp³-hybridized carbons (Fsp3) is 0.400. The first-order chi connectivity index (χ1) is 14.1. The Morgan fingerprint density at radius 3 is 2.48 bits per heavy atom. The van der Waals surface area contributed by atoms with Gasteiger partial charge in [-0.2, -0.15) is 4.98 Å². The summed E-state index contributed by atoms with van der Waals surface area (Å²) in [4.78, 5) is 13.5. The summed E-state index contributed by atoms with van der Waals surface area (Å²) in [5.74, 6) is 1.10. The Kier molecular flexibility index (Phi) is 5.84. The highest BCUT2D eigenvalue weighted by molar-refractivity contribution is 7.15. The third-order valence-electron chi connectivity index (χ3n) is 4.67. The molecule has 1 aliphatic rings. The Bertz CT molecular complexity index is 956. The van der Waals surface area contributed by atoms with Crippen LogP contribution in [0.2, 0.25) is 0 Å². The molecule has 0 amide bonds. The molecule has 4 rings (SSSR count). The third kappa shape index (κ3) is 4.79. The van der Waals surface area contributed by atoms with Crippen LogP contribution in [0, 0.1) is 12.7 Å². The van der Waals surface area contributed by atoms with Crippen molar-refractivity contribution in [2.24, 2.45) is 0 Å². The molecule has 0 saturated carbocycles. The van der Waals surface area contributed by atoms with Crippen molar-refractivity contribution in [3.8, 4) is 5.88 Å². The van der Waals surface area contributed by atoms with Crippen LogP contribution in [0.3, 0.4) is 0 Å². The average molecular weight is 415 g/mol. The largest absolute Gasteiger partial charge is 0.478 e. The zero-order chi connectivity index (χ0) is 20.2. The molecule has 3 aromatic rings. The number of benzene rings is 1. The summed E-state index contributed by atoms with van der Waals surface area (Å²) >= 11 is 1.59. The Morgan fingerprint density at radius 1 is 1.03 bits per heavy atom. The fourth-order valence-corrected chi connectivity index (χ4v) is 4.13. The molecular formula is C20H23FN6OS. The van der Waals surface area contributed by atoms with Gasteiger partial charge in [-0.25, -0.2) is 9.37 Å². The quantitative estimate of drug-likeness (QED) is 0.614. The molecule has 0 unspecified atom stereocenters. The molecule has 2 aromatic heterocycles. The van der Waals surface area contributed by atoms with Crippen molar-refractivity contribution in [2.45, 2.75) is 20.3 Å². The number of hydrogen-bond donors (Lipinski definition) is 0. The lowest BCUT2D eigenvalue weighted by Gasteiger charge is -2.34. The van der Waals surface area contributed by atoms with Gasteiger partial charge in [0.15, 0.2) is 0 Å². The summed E-state index contributed by atoms with van der Waals surface area (Å²) in [5.41, 5.74) is 1.93. The van der Waals surface area contributed by atoms with Gasteiger partial charge >= 0.3 is 0 Å². The second kappa shape index (κ2) is 8.69. The molecule has 29 heavy (non-hydrogen) atoms. The highest BCUT2D eigenvalue weighted by Gasteiger charge is 2.22. The third-order valence-corrected chi connectivity index (χ3v) is 5.65. The molecule has 3 heterocycles. The standard InChI is InChI=1S/C20H23FN6OS/c1-3-28-17-12-14(2)22-19(23-17)26-8-10-27(11-9-26)20-25-24-18(29-20)13-15-4-6-16(21)7-5-15/h4-7,12H,3,8-11,13H2,1-2H3. The molecular weight excluding hydrogens is 391 g/mol. The summed E-state index contributed by atoms with van der Waals surface area (Å²) in [6.45, 7) is 7.75. The number of aryl methyl sites for hydroxylation is 1. The van der Waals surface area contributed by atoms with Gasteiger partial charge in [0.1, 0.15) is 10.8 Å². The second-order valence-corrected chi connectivity index (χ2v) is 7.88. The van der Waals surface area contributed by atoms with E-state index in [-0.39, 0.29) is 5.82 Å².